The molecule has 0 unspecified atom stereocenters. The minimum atomic E-state index is -0.509. The number of rotatable bonds is 4. The normalized spacial score (nSPS) is 11.0. The molecule has 2 rings (SSSR count). The molecule has 3 N–H and O–H groups in total. The lowest BCUT2D eigenvalue weighted by atomic mass is 10.1. The number of anilines is 1. The van der Waals surface area contributed by atoms with Gasteiger partial charge in [0.05, 0.1) is 5.69 Å². The Morgan fingerprint density at radius 3 is 2.35 bits per heavy atom. The van der Waals surface area contributed by atoms with E-state index >= 15 is 0 Å². The van der Waals surface area contributed by atoms with Crippen LogP contribution in [0.4, 0.5) is 5.69 Å². The first-order chi connectivity index (χ1) is 11.0. The zero-order valence-corrected chi connectivity index (χ0v) is 13.0. The second kappa shape index (κ2) is 7.26. The molecule has 0 saturated heterocycles. The Morgan fingerprint density at radius 2 is 1.70 bits per heavy atom. The predicted octanol–water partition coefficient (Wildman–Crippen LogP) is 2.82. The Morgan fingerprint density at radius 1 is 1.04 bits per heavy atom. The third-order valence-electron chi connectivity index (χ3n) is 3.20. The van der Waals surface area contributed by atoms with E-state index in [0.717, 1.165) is 11.1 Å². The van der Waals surface area contributed by atoms with E-state index in [1.54, 1.807) is 24.3 Å². The van der Waals surface area contributed by atoms with Crippen LogP contribution < -0.4 is 10.6 Å². The highest BCUT2D eigenvalue weighted by Gasteiger charge is 2.13. The summed E-state index contributed by atoms with van der Waals surface area (Å²) in [6.07, 6.45) is 1.60. The van der Waals surface area contributed by atoms with Gasteiger partial charge in [-0.1, -0.05) is 36.4 Å². The van der Waals surface area contributed by atoms with Crippen LogP contribution in [0.15, 0.2) is 54.2 Å². The van der Waals surface area contributed by atoms with Crippen molar-refractivity contribution in [2.24, 2.45) is 0 Å². The number of phenolic OH excluding ortho intramolecular Hbond substituents is 1. The highest BCUT2D eigenvalue weighted by Crippen LogP contribution is 2.22. The zero-order chi connectivity index (χ0) is 16.8. The number of hydrogen-bond acceptors (Lipinski definition) is 3. The summed E-state index contributed by atoms with van der Waals surface area (Å²) in [4.78, 5) is 23.8. The maximum absolute atomic E-state index is 12.4. The fourth-order valence-electron chi connectivity index (χ4n) is 2.02. The number of carbonyl (C=O) groups is 2. The molecule has 0 spiro atoms. The van der Waals surface area contributed by atoms with Crippen molar-refractivity contribution in [2.45, 2.75) is 13.8 Å². The molecule has 0 heterocycles. The van der Waals surface area contributed by atoms with Crippen LogP contribution in [-0.4, -0.2) is 16.9 Å². The fraction of sp³-hybridized carbons (Fsp3) is 0.111. The lowest BCUT2D eigenvalue weighted by Crippen LogP contribution is -2.29. The third-order valence-corrected chi connectivity index (χ3v) is 3.20. The van der Waals surface area contributed by atoms with Crippen molar-refractivity contribution in [3.63, 3.8) is 0 Å². The molecule has 2 aromatic rings. The predicted molar refractivity (Wildman–Crippen MR) is 89.7 cm³/mol. The second-order valence-electron chi connectivity index (χ2n) is 5.07. The van der Waals surface area contributed by atoms with Gasteiger partial charge >= 0.3 is 0 Å². The van der Waals surface area contributed by atoms with Crippen LogP contribution in [-0.2, 0) is 9.59 Å². The Bertz CT molecular complexity index is 766. The van der Waals surface area contributed by atoms with Crippen LogP contribution in [0.3, 0.4) is 0 Å². The molecule has 5 nitrogen and oxygen atoms in total. The van der Waals surface area contributed by atoms with Crippen LogP contribution in [0.25, 0.3) is 6.08 Å². The maximum atomic E-state index is 12.4. The Kier molecular flexibility index (Phi) is 5.15. The van der Waals surface area contributed by atoms with E-state index in [9.17, 15) is 14.7 Å². The smallest absolute Gasteiger partial charge is 0.272 e. The van der Waals surface area contributed by atoms with E-state index in [0.29, 0.717) is 0 Å². The lowest BCUT2D eigenvalue weighted by molar-refractivity contribution is -0.120. The summed E-state index contributed by atoms with van der Waals surface area (Å²) in [5.74, 6) is -0.902. The summed E-state index contributed by atoms with van der Waals surface area (Å²) in [7, 11) is 0. The van der Waals surface area contributed by atoms with Crippen molar-refractivity contribution >= 4 is 23.6 Å². The van der Waals surface area contributed by atoms with Crippen LogP contribution in [0.1, 0.15) is 18.1 Å². The third kappa shape index (κ3) is 4.44. The summed E-state index contributed by atoms with van der Waals surface area (Å²) >= 11 is 0. The molecule has 5 heteroatoms. The van der Waals surface area contributed by atoms with Gasteiger partial charge in [0.1, 0.15) is 11.4 Å². The molecule has 2 aromatic carbocycles. The van der Waals surface area contributed by atoms with Crippen LogP contribution >= 0.6 is 0 Å². The van der Waals surface area contributed by atoms with Crippen LogP contribution in [0.5, 0.6) is 5.75 Å². The highest BCUT2D eigenvalue weighted by atomic mass is 16.3. The van der Waals surface area contributed by atoms with Gasteiger partial charge in [0.2, 0.25) is 5.91 Å². The lowest BCUT2D eigenvalue weighted by Gasteiger charge is -2.11. The number of benzene rings is 2. The molecule has 0 atom stereocenters. The van der Waals surface area contributed by atoms with E-state index in [1.165, 1.54) is 13.0 Å². The number of hydrogen-bond donors (Lipinski definition) is 3. The van der Waals surface area contributed by atoms with Crippen molar-refractivity contribution in [1.29, 1.82) is 0 Å². The second-order valence-corrected chi connectivity index (χ2v) is 5.07. The minimum Gasteiger partial charge on any atom is -0.506 e. The van der Waals surface area contributed by atoms with Crippen molar-refractivity contribution in [2.75, 3.05) is 5.32 Å². The Hall–Kier alpha value is -3.08. The maximum Gasteiger partial charge on any atom is 0.272 e. The molecule has 0 aliphatic rings. The van der Waals surface area contributed by atoms with Crippen molar-refractivity contribution in [3.05, 3.63) is 65.4 Å². The van der Waals surface area contributed by atoms with Crippen molar-refractivity contribution in [1.82, 2.24) is 5.32 Å². The van der Waals surface area contributed by atoms with Gasteiger partial charge in [-0.25, -0.2) is 0 Å². The van der Waals surface area contributed by atoms with Gasteiger partial charge in [-0.2, -0.15) is 0 Å². The summed E-state index contributed by atoms with van der Waals surface area (Å²) in [5, 5.41) is 14.8. The minimum absolute atomic E-state index is 0.0427. The van der Waals surface area contributed by atoms with Crippen LogP contribution in [0, 0.1) is 6.92 Å². The first-order valence-corrected chi connectivity index (χ1v) is 7.11. The number of phenols is 1. The van der Waals surface area contributed by atoms with Gasteiger partial charge < -0.3 is 15.7 Å². The number of aryl methyl sites for hydroxylation is 1. The van der Waals surface area contributed by atoms with Gasteiger partial charge in [0.25, 0.3) is 5.91 Å². The molecule has 0 fully saturated rings. The van der Waals surface area contributed by atoms with Crippen molar-refractivity contribution < 1.29 is 14.7 Å². The quantitative estimate of drug-likeness (QED) is 0.600. The number of carbonyl (C=O) groups excluding carboxylic acids is 2. The first-order valence-electron chi connectivity index (χ1n) is 7.11. The number of aromatic hydroxyl groups is 1. The SMILES string of the molecule is CC(=O)NC(=Cc1ccccc1C)C(=O)Nc1ccccc1O. The fourth-order valence-corrected chi connectivity index (χ4v) is 2.02. The zero-order valence-electron chi connectivity index (χ0n) is 13.0. The van der Waals surface area contributed by atoms with Gasteiger partial charge in [-0.05, 0) is 36.3 Å². The van der Waals surface area contributed by atoms with E-state index in [-0.39, 0.29) is 23.0 Å². The van der Waals surface area contributed by atoms with Gasteiger partial charge in [-0.15, -0.1) is 0 Å². The topological polar surface area (TPSA) is 78.4 Å². The molecule has 0 aliphatic carbocycles. The molecule has 0 saturated carbocycles. The largest absolute Gasteiger partial charge is 0.506 e. The first kappa shape index (κ1) is 16.3. The van der Waals surface area contributed by atoms with Gasteiger partial charge in [-0.3, -0.25) is 9.59 Å². The standard InChI is InChI=1S/C18H18N2O3/c1-12-7-3-4-8-14(12)11-16(19-13(2)21)18(23)20-15-9-5-6-10-17(15)22/h3-11,22H,1-2H3,(H,19,21)(H,20,23). The molecular formula is C18H18N2O3. The number of amides is 2. The van der Waals surface area contributed by atoms with Crippen LogP contribution in [0.2, 0.25) is 0 Å². The molecule has 0 radical (unpaired) electrons. The van der Waals surface area contributed by atoms with E-state index in [4.69, 9.17) is 0 Å². The number of para-hydroxylation sites is 2. The molecule has 118 valence electrons. The molecule has 0 bridgehead atoms. The average Bonchev–Trinajstić information content (AvgIpc) is 2.50. The van der Waals surface area contributed by atoms with E-state index in [1.807, 2.05) is 31.2 Å². The molecule has 23 heavy (non-hydrogen) atoms. The highest BCUT2D eigenvalue weighted by molar-refractivity contribution is 6.09. The average molecular weight is 310 g/mol. The summed E-state index contributed by atoms with van der Waals surface area (Å²) in [5.41, 5.74) is 2.18. The molecule has 0 aromatic heterocycles. The monoisotopic (exact) mass is 310 g/mol. The van der Waals surface area contributed by atoms with Gasteiger partial charge in [0.15, 0.2) is 0 Å². The Labute approximate surface area is 134 Å². The summed E-state index contributed by atoms with van der Waals surface area (Å²) in [6.45, 7) is 3.25. The van der Waals surface area contributed by atoms with E-state index < -0.39 is 5.91 Å². The van der Waals surface area contributed by atoms with Crippen molar-refractivity contribution in [3.8, 4) is 5.75 Å². The Balaban J connectivity index is 2.31. The molecular weight excluding hydrogens is 292 g/mol. The molecule has 2 amide bonds. The summed E-state index contributed by atoms with van der Waals surface area (Å²) in [6, 6.07) is 13.9. The van der Waals surface area contributed by atoms with E-state index in [2.05, 4.69) is 10.6 Å². The number of nitrogens with one attached hydrogen (secondary N) is 2. The molecule has 0 aliphatic heterocycles. The van der Waals surface area contributed by atoms with Gasteiger partial charge in [0, 0.05) is 6.92 Å². The summed E-state index contributed by atoms with van der Waals surface area (Å²) < 4.78 is 0.